The maximum Gasteiger partial charge on any atom is 0.332 e. The third kappa shape index (κ3) is 2.87. The third-order valence-corrected chi connectivity index (χ3v) is 4.78. The molecular formula is C17H13Cl2N5O3. The minimum absolute atomic E-state index is 0.0609. The van der Waals surface area contributed by atoms with Gasteiger partial charge in [0.25, 0.3) is 5.56 Å². The topological polar surface area (TPSA) is 87.8 Å². The van der Waals surface area contributed by atoms with Gasteiger partial charge in [0.2, 0.25) is 11.2 Å². The molecule has 0 aliphatic heterocycles. The number of rotatable bonds is 3. The highest BCUT2D eigenvalue weighted by Gasteiger charge is 2.19. The predicted molar refractivity (Wildman–Crippen MR) is 101 cm³/mol. The van der Waals surface area contributed by atoms with E-state index in [1.807, 2.05) is 12.1 Å². The van der Waals surface area contributed by atoms with Gasteiger partial charge >= 0.3 is 5.69 Å². The molecule has 0 fully saturated rings. The molecule has 0 spiro atoms. The van der Waals surface area contributed by atoms with Crippen LogP contribution in [0.5, 0.6) is 0 Å². The summed E-state index contributed by atoms with van der Waals surface area (Å²) in [5.41, 5.74) is 0.213. The summed E-state index contributed by atoms with van der Waals surface area (Å²) in [6.07, 6.45) is 1.57. The maximum atomic E-state index is 12.6. The first kappa shape index (κ1) is 17.6. The van der Waals surface area contributed by atoms with E-state index in [0.717, 1.165) is 10.1 Å². The van der Waals surface area contributed by atoms with Crippen molar-refractivity contribution in [1.29, 1.82) is 0 Å². The zero-order chi connectivity index (χ0) is 19.3. The summed E-state index contributed by atoms with van der Waals surface area (Å²) in [6.45, 7) is 0.0866. The lowest BCUT2D eigenvalue weighted by molar-refractivity contribution is 0.491. The number of aryl methyl sites for hydroxylation is 1. The number of nitrogens with zero attached hydrogens (tertiary/aromatic N) is 5. The van der Waals surface area contributed by atoms with E-state index in [2.05, 4.69) is 9.97 Å². The molecule has 3 aromatic heterocycles. The zero-order valence-corrected chi connectivity index (χ0v) is 15.8. The van der Waals surface area contributed by atoms with Crippen molar-refractivity contribution in [2.24, 2.45) is 14.1 Å². The standard InChI is InChI=1S/C17H13Cl2N5O3/c1-22-14-13(15(25)23(2)17(22)26)24(16(19)21-14)8-12-20-7-11(27-12)9-4-3-5-10(18)6-9/h3-7H,8H2,1-2H3. The van der Waals surface area contributed by atoms with Crippen molar-refractivity contribution in [3.63, 3.8) is 0 Å². The van der Waals surface area contributed by atoms with Crippen molar-refractivity contribution in [3.05, 3.63) is 67.5 Å². The second kappa shape index (κ2) is 6.40. The van der Waals surface area contributed by atoms with E-state index in [1.165, 1.54) is 23.2 Å². The van der Waals surface area contributed by atoms with Crippen LogP contribution in [0.1, 0.15) is 5.89 Å². The molecule has 0 amide bonds. The summed E-state index contributed by atoms with van der Waals surface area (Å²) in [4.78, 5) is 33.0. The van der Waals surface area contributed by atoms with Crippen LogP contribution in [0.3, 0.4) is 0 Å². The van der Waals surface area contributed by atoms with Gasteiger partial charge in [0, 0.05) is 24.7 Å². The molecule has 27 heavy (non-hydrogen) atoms. The maximum absolute atomic E-state index is 12.6. The Hall–Kier alpha value is -2.84. The molecule has 0 saturated carbocycles. The van der Waals surface area contributed by atoms with Gasteiger partial charge in [0.05, 0.1) is 6.20 Å². The van der Waals surface area contributed by atoms with E-state index in [1.54, 1.807) is 18.3 Å². The van der Waals surface area contributed by atoms with Gasteiger partial charge in [0.1, 0.15) is 6.54 Å². The molecule has 8 nitrogen and oxygen atoms in total. The Bertz CT molecular complexity index is 1300. The highest BCUT2D eigenvalue weighted by atomic mass is 35.5. The van der Waals surface area contributed by atoms with Crippen LogP contribution >= 0.6 is 23.2 Å². The predicted octanol–water partition coefficient (Wildman–Crippen LogP) is 2.44. The minimum Gasteiger partial charge on any atom is -0.439 e. The van der Waals surface area contributed by atoms with Gasteiger partial charge in [-0.2, -0.15) is 4.98 Å². The average Bonchev–Trinajstić information content (AvgIpc) is 3.24. The number of benzene rings is 1. The van der Waals surface area contributed by atoms with E-state index >= 15 is 0 Å². The normalized spacial score (nSPS) is 11.4. The fraction of sp³-hybridized carbons (Fsp3) is 0.176. The van der Waals surface area contributed by atoms with Gasteiger partial charge in [-0.1, -0.05) is 23.7 Å². The summed E-state index contributed by atoms with van der Waals surface area (Å²) in [5, 5.41) is 0.643. The molecule has 0 bridgehead atoms. The molecule has 0 radical (unpaired) electrons. The molecule has 138 valence electrons. The second-order valence-electron chi connectivity index (χ2n) is 5.97. The SMILES string of the molecule is Cn1c(=O)c2c(nc(Cl)n2Cc2ncc(-c3cccc(Cl)c3)o2)n(C)c1=O. The number of oxazole rings is 1. The van der Waals surface area contributed by atoms with Crippen molar-refractivity contribution in [2.75, 3.05) is 0 Å². The van der Waals surface area contributed by atoms with E-state index in [0.29, 0.717) is 16.7 Å². The molecule has 4 aromatic rings. The molecular weight excluding hydrogens is 393 g/mol. The van der Waals surface area contributed by atoms with Crippen LogP contribution in [0, 0.1) is 0 Å². The van der Waals surface area contributed by atoms with Crippen LogP contribution in [0.4, 0.5) is 0 Å². The fourth-order valence-electron chi connectivity index (χ4n) is 2.86. The number of fused-ring (bicyclic) bond motifs is 1. The van der Waals surface area contributed by atoms with E-state index in [4.69, 9.17) is 27.6 Å². The van der Waals surface area contributed by atoms with Crippen LogP contribution in [0.2, 0.25) is 10.3 Å². The molecule has 10 heteroatoms. The zero-order valence-electron chi connectivity index (χ0n) is 14.3. The van der Waals surface area contributed by atoms with Crippen molar-refractivity contribution in [3.8, 4) is 11.3 Å². The van der Waals surface area contributed by atoms with Crippen molar-refractivity contribution >= 4 is 34.4 Å². The lowest BCUT2D eigenvalue weighted by atomic mass is 10.2. The molecule has 0 aliphatic carbocycles. The lowest BCUT2D eigenvalue weighted by Gasteiger charge is -2.05. The van der Waals surface area contributed by atoms with Gasteiger partial charge < -0.3 is 4.42 Å². The Balaban J connectivity index is 1.80. The first-order chi connectivity index (χ1) is 12.9. The Labute approximate surface area is 162 Å². The summed E-state index contributed by atoms with van der Waals surface area (Å²) < 4.78 is 9.51. The largest absolute Gasteiger partial charge is 0.439 e. The summed E-state index contributed by atoms with van der Waals surface area (Å²) >= 11 is 12.2. The molecule has 0 N–H and O–H groups in total. The number of hydrogen-bond acceptors (Lipinski definition) is 5. The third-order valence-electron chi connectivity index (χ3n) is 4.26. The average molecular weight is 406 g/mol. The van der Waals surface area contributed by atoms with Crippen LogP contribution in [0.15, 0.2) is 44.5 Å². The Morgan fingerprint density at radius 2 is 1.93 bits per heavy atom. The highest BCUT2D eigenvalue weighted by Crippen LogP contribution is 2.24. The fourth-order valence-corrected chi connectivity index (χ4v) is 3.27. The van der Waals surface area contributed by atoms with Crippen LogP contribution in [-0.2, 0) is 20.6 Å². The van der Waals surface area contributed by atoms with Crippen LogP contribution in [-0.4, -0.2) is 23.7 Å². The quantitative estimate of drug-likeness (QED) is 0.488. The Morgan fingerprint density at radius 1 is 1.15 bits per heavy atom. The molecule has 3 heterocycles. The first-order valence-electron chi connectivity index (χ1n) is 7.89. The monoisotopic (exact) mass is 405 g/mol. The van der Waals surface area contributed by atoms with Gasteiger partial charge in [-0.3, -0.25) is 18.5 Å². The van der Waals surface area contributed by atoms with Crippen LogP contribution < -0.4 is 11.2 Å². The first-order valence-corrected chi connectivity index (χ1v) is 8.65. The Kier molecular flexibility index (Phi) is 4.16. The second-order valence-corrected chi connectivity index (χ2v) is 6.75. The van der Waals surface area contributed by atoms with Gasteiger partial charge in [-0.25, -0.2) is 9.78 Å². The molecule has 1 aromatic carbocycles. The smallest absolute Gasteiger partial charge is 0.332 e. The molecule has 0 atom stereocenters. The van der Waals surface area contributed by atoms with E-state index in [9.17, 15) is 9.59 Å². The van der Waals surface area contributed by atoms with Gasteiger partial charge in [-0.05, 0) is 23.7 Å². The lowest BCUT2D eigenvalue weighted by Crippen LogP contribution is -2.37. The number of imidazole rings is 1. The van der Waals surface area contributed by atoms with Crippen molar-refractivity contribution < 1.29 is 4.42 Å². The summed E-state index contributed by atoms with van der Waals surface area (Å²) in [6, 6.07) is 7.18. The number of halogens is 2. The summed E-state index contributed by atoms with van der Waals surface area (Å²) in [5.74, 6) is 0.871. The molecule has 0 unspecified atom stereocenters. The number of hydrogen-bond donors (Lipinski definition) is 0. The van der Waals surface area contributed by atoms with Crippen molar-refractivity contribution in [2.45, 2.75) is 6.54 Å². The van der Waals surface area contributed by atoms with E-state index in [-0.39, 0.29) is 23.0 Å². The van der Waals surface area contributed by atoms with Crippen molar-refractivity contribution in [1.82, 2.24) is 23.7 Å². The Morgan fingerprint density at radius 3 is 2.67 bits per heavy atom. The minimum atomic E-state index is -0.492. The van der Waals surface area contributed by atoms with Gasteiger partial charge in [0.15, 0.2) is 16.9 Å². The van der Waals surface area contributed by atoms with Crippen LogP contribution in [0.25, 0.3) is 22.5 Å². The summed E-state index contributed by atoms with van der Waals surface area (Å²) in [7, 11) is 2.93. The number of aromatic nitrogens is 5. The molecule has 4 rings (SSSR count). The highest BCUT2D eigenvalue weighted by molar-refractivity contribution is 6.30. The molecule has 0 aliphatic rings. The molecule has 0 saturated heterocycles. The van der Waals surface area contributed by atoms with E-state index < -0.39 is 11.2 Å². The van der Waals surface area contributed by atoms with Gasteiger partial charge in [-0.15, -0.1) is 0 Å².